The molecule has 1 aliphatic carbocycles. The summed E-state index contributed by atoms with van der Waals surface area (Å²) < 4.78 is 3.13. The van der Waals surface area contributed by atoms with Gasteiger partial charge in [0.1, 0.15) is 5.82 Å². The van der Waals surface area contributed by atoms with E-state index in [9.17, 15) is 0 Å². The third kappa shape index (κ3) is 1.35. The fourth-order valence-corrected chi connectivity index (χ4v) is 2.54. The lowest BCUT2D eigenvalue weighted by Gasteiger charge is -2.02. The number of nitrogen functional groups attached to an aromatic ring is 1. The van der Waals surface area contributed by atoms with Crippen molar-refractivity contribution in [1.29, 1.82) is 0 Å². The van der Waals surface area contributed by atoms with Crippen molar-refractivity contribution in [3.8, 4) is 0 Å². The highest BCUT2D eigenvalue weighted by Crippen LogP contribution is 2.41. The molecule has 1 saturated carbocycles. The van der Waals surface area contributed by atoms with Crippen LogP contribution in [-0.2, 0) is 7.05 Å². The molecule has 78 valence electrons. The van der Waals surface area contributed by atoms with E-state index in [1.165, 1.54) is 18.7 Å². The molecule has 3 nitrogen and oxygen atoms in total. The molecule has 1 fully saturated rings. The van der Waals surface area contributed by atoms with E-state index in [1.54, 1.807) is 0 Å². The van der Waals surface area contributed by atoms with Crippen LogP contribution >= 0.6 is 15.9 Å². The number of hydrogen-bond donors (Lipinski definition) is 1. The minimum atomic E-state index is 0.653. The van der Waals surface area contributed by atoms with E-state index in [1.807, 2.05) is 19.2 Å². The van der Waals surface area contributed by atoms with Crippen molar-refractivity contribution in [2.75, 3.05) is 5.73 Å². The fraction of sp³-hybridized carbons (Fsp3) is 0.364. The summed E-state index contributed by atoms with van der Waals surface area (Å²) in [5.41, 5.74) is 8.84. The normalized spacial score (nSPS) is 16.1. The molecule has 0 aliphatic heterocycles. The molecule has 1 aromatic heterocycles. The van der Waals surface area contributed by atoms with Crippen molar-refractivity contribution in [2.24, 2.45) is 7.05 Å². The van der Waals surface area contributed by atoms with Crippen molar-refractivity contribution < 1.29 is 0 Å². The summed E-state index contributed by atoms with van der Waals surface area (Å²) in [4.78, 5) is 4.65. The second-order valence-corrected chi connectivity index (χ2v) is 5.08. The Hall–Kier alpha value is -1.03. The van der Waals surface area contributed by atoms with Gasteiger partial charge in [-0.1, -0.05) is 15.9 Å². The van der Waals surface area contributed by atoms with Crippen molar-refractivity contribution in [3.05, 3.63) is 22.4 Å². The van der Waals surface area contributed by atoms with Crippen LogP contribution in [0.15, 0.2) is 16.6 Å². The molecule has 0 atom stereocenters. The molecule has 0 amide bonds. The first-order valence-electron chi connectivity index (χ1n) is 5.08. The van der Waals surface area contributed by atoms with Crippen LogP contribution in [-0.4, -0.2) is 9.55 Å². The highest BCUT2D eigenvalue weighted by Gasteiger charge is 2.29. The van der Waals surface area contributed by atoms with Gasteiger partial charge < -0.3 is 10.3 Å². The smallest absolute Gasteiger partial charge is 0.112 e. The molecule has 0 spiro atoms. The number of aromatic nitrogens is 2. The van der Waals surface area contributed by atoms with Gasteiger partial charge >= 0.3 is 0 Å². The maximum atomic E-state index is 6.00. The number of imidazole rings is 1. The van der Waals surface area contributed by atoms with E-state index >= 15 is 0 Å². The molecule has 4 heteroatoms. The van der Waals surface area contributed by atoms with Crippen molar-refractivity contribution in [1.82, 2.24) is 9.55 Å². The van der Waals surface area contributed by atoms with Crippen LogP contribution in [0.25, 0.3) is 11.0 Å². The molecule has 1 aliphatic rings. The lowest BCUT2D eigenvalue weighted by Crippen LogP contribution is -1.97. The highest BCUT2D eigenvalue weighted by atomic mass is 79.9. The van der Waals surface area contributed by atoms with E-state index in [2.05, 4.69) is 25.5 Å². The SMILES string of the molecule is Cn1c(C2CC2)nc2cc(Br)cc(N)c21. The molecule has 1 aromatic carbocycles. The predicted molar refractivity (Wildman–Crippen MR) is 64.8 cm³/mol. The second-order valence-electron chi connectivity index (χ2n) is 4.17. The summed E-state index contributed by atoms with van der Waals surface area (Å²) in [6.07, 6.45) is 2.52. The number of fused-ring (bicyclic) bond motifs is 1. The number of nitrogens with two attached hydrogens (primary N) is 1. The zero-order valence-electron chi connectivity index (χ0n) is 8.50. The Morgan fingerprint density at radius 1 is 1.47 bits per heavy atom. The standard InChI is InChI=1S/C11H12BrN3/c1-15-10-8(13)4-7(12)5-9(10)14-11(15)6-2-3-6/h4-6H,2-3,13H2,1H3. The molecule has 0 saturated heterocycles. The van der Waals surface area contributed by atoms with Gasteiger partial charge in [-0.25, -0.2) is 4.98 Å². The second kappa shape index (κ2) is 2.98. The van der Waals surface area contributed by atoms with Crippen LogP contribution in [0.1, 0.15) is 24.6 Å². The van der Waals surface area contributed by atoms with Gasteiger partial charge in [-0.15, -0.1) is 0 Å². The van der Waals surface area contributed by atoms with Crippen molar-refractivity contribution in [2.45, 2.75) is 18.8 Å². The van der Waals surface area contributed by atoms with E-state index in [0.717, 1.165) is 21.2 Å². The molecule has 2 aromatic rings. The van der Waals surface area contributed by atoms with Gasteiger partial charge in [0.25, 0.3) is 0 Å². The van der Waals surface area contributed by atoms with Crippen molar-refractivity contribution >= 4 is 32.7 Å². The lowest BCUT2D eigenvalue weighted by atomic mass is 10.3. The number of aryl methyl sites for hydroxylation is 1. The summed E-state index contributed by atoms with van der Waals surface area (Å²) in [5.74, 6) is 1.83. The van der Waals surface area contributed by atoms with E-state index in [4.69, 9.17) is 5.73 Å². The number of benzene rings is 1. The van der Waals surface area contributed by atoms with Crippen LogP contribution in [0.2, 0.25) is 0 Å². The zero-order chi connectivity index (χ0) is 10.6. The van der Waals surface area contributed by atoms with Gasteiger partial charge in [-0.3, -0.25) is 0 Å². The molecule has 2 N–H and O–H groups in total. The van der Waals surface area contributed by atoms with Crippen LogP contribution in [0.5, 0.6) is 0 Å². The summed E-state index contributed by atoms with van der Waals surface area (Å²) >= 11 is 3.44. The Labute approximate surface area is 96.4 Å². The Morgan fingerprint density at radius 2 is 2.20 bits per heavy atom. The largest absolute Gasteiger partial charge is 0.397 e. The number of halogens is 1. The minimum absolute atomic E-state index is 0.653. The number of anilines is 1. The van der Waals surface area contributed by atoms with Crippen LogP contribution in [0.4, 0.5) is 5.69 Å². The number of hydrogen-bond acceptors (Lipinski definition) is 2. The van der Waals surface area contributed by atoms with Gasteiger partial charge in [0.05, 0.1) is 16.7 Å². The third-order valence-electron chi connectivity index (χ3n) is 2.94. The minimum Gasteiger partial charge on any atom is -0.397 e. The van der Waals surface area contributed by atoms with E-state index in [-0.39, 0.29) is 0 Å². The van der Waals surface area contributed by atoms with Crippen molar-refractivity contribution in [3.63, 3.8) is 0 Å². The molecular formula is C11H12BrN3. The summed E-state index contributed by atoms with van der Waals surface area (Å²) in [6.45, 7) is 0. The Morgan fingerprint density at radius 3 is 2.87 bits per heavy atom. The maximum absolute atomic E-state index is 6.00. The topological polar surface area (TPSA) is 43.8 Å². The van der Waals surface area contributed by atoms with Gasteiger partial charge in [0.15, 0.2) is 0 Å². The lowest BCUT2D eigenvalue weighted by molar-refractivity contribution is 0.820. The van der Waals surface area contributed by atoms with E-state index in [0.29, 0.717) is 5.92 Å². The molecule has 1 heterocycles. The molecular weight excluding hydrogens is 254 g/mol. The Balaban J connectivity index is 2.34. The highest BCUT2D eigenvalue weighted by molar-refractivity contribution is 9.10. The molecule has 3 rings (SSSR count). The van der Waals surface area contributed by atoms with Crippen LogP contribution < -0.4 is 5.73 Å². The molecule has 0 unspecified atom stereocenters. The first kappa shape index (κ1) is 9.21. The first-order valence-corrected chi connectivity index (χ1v) is 5.87. The molecule has 15 heavy (non-hydrogen) atoms. The average Bonchev–Trinajstić information content (AvgIpc) is 2.92. The quantitative estimate of drug-likeness (QED) is 0.806. The van der Waals surface area contributed by atoms with Gasteiger partial charge in [-0.05, 0) is 25.0 Å². The predicted octanol–water partition coefficient (Wildman–Crippen LogP) is 2.80. The zero-order valence-corrected chi connectivity index (χ0v) is 10.1. The fourth-order valence-electron chi connectivity index (χ4n) is 2.08. The van der Waals surface area contributed by atoms with Crippen LogP contribution in [0.3, 0.4) is 0 Å². The maximum Gasteiger partial charge on any atom is 0.112 e. The van der Waals surface area contributed by atoms with Gasteiger partial charge in [0, 0.05) is 17.4 Å². The summed E-state index contributed by atoms with van der Waals surface area (Å²) in [6, 6.07) is 3.96. The Bertz CT molecular complexity index is 540. The number of rotatable bonds is 1. The number of nitrogens with zero attached hydrogens (tertiary/aromatic N) is 2. The summed E-state index contributed by atoms with van der Waals surface area (Å²) in [7, 11) is 2.05. The Kier molecular flexibility index (Phi) is 1.83. The molecule has 0 radical (unpaired) electrons. The molecule has 0 bridgehead atoms. The van der Waals surface area contributed by atoms with Gasteiger partial charge in [0.2, 0.25) is 0 Å². The summed E-state index contributed by atoms with van der Waals surface area (Å²) in [5, 5.41) is 0. The average molecular weight is 266 g/mol. The van der Waals surface area contributed by atoms with Gasteiger partial charge in [-0.2, -0.15) is 0 Å². The van der Waals surface area contributed by atoms with E-state index < -0.39 is 0 Å². The third-order valence-corrected chi connectivity index (χ3v) is 3.40. The van der Waals surface area contributed by atoms with Crippen LogP contribution in [0, 0.1) is 0 Å². The first-order chi connectivity index (χ1) is 7.16. The monoisotopic (exact) mass is 265 g/mol.